The number of phenols is 1. The maximum atomic E-state index is 12.3. The first-order chi connectivity index (χ1) is 12.2. The van der Waals surface area contributed by atoms with Crippen LogP contribution in [-0.2, 0) is 6.54 Å². The van der Waals surface area contributed by atoms with Crippen LogP contribution in [0.25, 0.3) is 0 Å². The molecule has 25 heavy (non-hydrogen) atoms. The van der Waals surface area contributed by atoms with Gasteiger partial charge in [-0.25, -0.2) is 9.78 Å². The molecule has 0 unspecified atom stereocenters. The summed E-state index contributed by atoms with van der Waals surface area (Å²) in [6.45, 7) is 3.03. The Hall–Kier alpha value is -3.03. The largest absolute Gasteiger partial charge is 0.504 e. The minimum absolute atomic E-state index is 0.0619. The number of carbonyl (C=O) groups is 1. The molecule has 0 radical (unpaired) electrons. The van der Waals surface area contributed by atoms with Gasteiger partial charge >= 0.3 is 6.03 Å². The Balaban J connectivity index is 1.49. The molecule has 132 valence electrons. The van der Waals surface area contributed by atoms with Crippen LogP contribution in [0, 0.1) is 0 Å². The Labute approximate surface area is 146 Å². The van der Waals surface area contributed by atoms with E-state index in [-0.39, 0.29) is 11.8 Å². The quantitative estimate of drug-likeness (QED) is 0.867. The van der Waals surface area contributed by atoms with Crippen LogP contribution >= 0.6 is 0 Å². The lowest BCUT2D eigenvalue weighted by atomic mass is 10.2. The molecule has 8 heteroatoms. The number of hydrogen-bond acceptors (Lipinski definition) is 6. The molecule has 0 spiro atoms. The van der Waals surface area contributed by atoms with Crippen molar-refractivity contribution in [3.8, 4) is 11.5 Å². The molecule has 0 bridgehead atoms. The number of urea groups is 1. The fraction of sp³-hybridized carbons (Fsp3) is 0.353. The number of benzene rings is 1. The van der Waals surface area contributed by atoms with Crippen LogP contribution in [0.1, 0.15) is 5.56 Å². The van der Waals surface area contributed by atoms with Gasteiger partial charge in [0, 0.05) is 45.1 Å². The van der Waals surface area contributed by atoms with E-state index in [4.69, 9.17) is 4.74 Å². The standard InChI is InChI=1S/C17H21N5O3/c1-25-15-3-2-13(10-14(15)23)11-20-17(24)22-8-6-21(7-9-22)16-12-18-4-5-19-16/h2-5,10,12,23H,6-9,11H2,1H3,(H,20,24). The first kappa shape index (κ1) is 16.8. The van der Waals surface area contributed by atoms with Gasteiger partial charge in [-0.2, -0.15) is 0 Å². The predicted molar refractivity (Wildman–Crippen MR) is 92.7 cm³/mol. The highest BCUT2D eigenvalue weighted by atomic mass is 16.5. The van der Waals surface area contributed by atoms with Crippen molar-refractivity contribution in [1.29, 1.82) is 0 Å². The first-order valence-corrected chi connectivity index (χ1v) is 8.07. The van der Waals surface area contributed by atoms with Gasteiger partial charge in [0.2, 0.25) is 0 Å². The molecule has 2 aromatic rings. The maximum absolute atomic E-state index is 12.3. The monoisotopic (exact) mass is 343 g/mol. The predicted octanol–water partition coefficient (Wildman–Crippen LogP) is 1.22. The summed E-state index contributed by atoms with van der Waals surface area (Å²) < 4.78 is 5.01. The summed E-state index contributed by atoms with van der Waals surface area (Å²) in [6, 6.07) is 4.96. The second-order valence-corrected chi connectivity index (χ2v) is 5.70. The number of amides is 2. The van der Waals surface area contributed by atoms with E-state index in [1.54, 1.807) is 35.6 Å². The number of hydrogen-bond donors (Lipinski definition) is 2. The molecule has 0 saturated carbocycles. The molecule has 0 aliphatic carbocycles. The van der Waals surface area contributed by atoms with Gasteiger partial charge in [0.05, 0.1) is 13.3 Å². The highest BCUT2D eigenvalue weighted by molar-refractivity contribution is 5.74. The molecule has 3 rings (SSSR count). The van der Waals surface area contributed by atoms with E-state index in [0.29, 0.717) is 25.4 Å². The third-order valence-electron chi connectivity index (χ3n) is 4.13. The van der Waals surface area contributed by atoms with Gasteiger partial charge in [0.15, 0.2) is 11.5 Å². The summed E-state index contributed by atoms with van der Waals surface area (Å²) in [5.41, 5.74) is 0.810. The van der Waals surface area contributed by atoms with Crippen LogP contribution in [0.2, 0.25) is 0 Å². The van der Waals surface area contributed by atoms with E-state index < -0.39 is 0 Å². The highest BCUT2D eigenvalue weighted by Crippen LogP contribution is 2.26. The number of piperazine rings is 1. The zero-order valence-corrected chi connectivity index (χ0v) is 14.1. The van der Waals surface area contributed by atoms with E-state index in [2.05, 4.69) is 20.2 Å². The zero-order valence-electron chi connectivity index (χ0n) is 14.1. The molecule has 2 heterocycles. The van der Waals surface area contributed by atoms with Crippen molar-refractivity contribution in [3.63, 3.8) is 0 Å². The number of carbonyl (C=O) groups excluding carboxylic acids is 1. The van der Waals surface area contributed by atoms with Crippen molar-refractivity contribution in [3.05, 3.63) is 42.4 Å². The average molecular weight is 343 g/mol. The van der Waals surface area contributed by atoms with E-state index in [1.165, 1.54) is 7.11 Å². The summed E-state index contributed by atoms with van der Waals surface area (Å²) in [5, 5.41) is 12.7. The van der Waals surface area contributed by atoms with Gasteiger partial charge < -0.3 is 25.0 Å². The Morgan fingerprint density at radius 2 is 2.08 bits per heavy atom. The average Bonchev–Trinajstić information content (AvgIpc) is 2.67. The highest BCUT2D eigenvalue weighted by Gasteiger charge is 2.21. The van der Waals surface area contributed by atoms with Crippen molar-refractivity contribution in [2.24, 2.45) is 0 Å². The summed E-state index contributed by atoms with van der Waals surface area (Å²) in [6.07, 6.45) is 5.04. The Morgan fingerprint density at radius 3 is 2.72 bits per heavy atom. The summed E-state index contributed by atoms with van der Waals surface area (Å²) in [4.78, 5) is 24.5. The number of methoxy groups -OCH3 is 1. The van der Waals surface area contributed by atoms with E-state index in [9.17, 15) is 9.90 Å². The second kappa shape index (κ2) is 7.69. The van der Waals surface area contributed by atoms with Crippen LogP contribution in [0.5, 0.6) is 11.5 Å². The second-order valence-electron chi connectivity index (χ2n) is 5.70. The molecular formula is C17H21N5O3. The lowest BCUT2D eigenvalue weighted by Crippen LogP contribution is -2.51. The Morgan fingerprint density at radius 1 is 1.28 bits per heavy atom. The maximum Gasteiger partial charge on any atom is 0.317 e. The molecule has 8 nitrogen and oxygen atoms in total. The van der Waals surface area contributed by atoms with Gasteiger partial charge in [-0.1, -0.05) is 6.07 Å². The van der Waals surface area contributed by atoms with Gasteiger partial charge in [-0.15, -0.1) is 0 Å². The topological polar surface area (TPSA) is 90.8 Å². The Kier molecular flexibility index (Phi) is 5.17. The van der Waals surface area contributed by atoms with E-state index in [0.717, 1.165) is 24.5 Å². The van der Waals surface area contributed by atoms with Gasteiger partial charge in [-0.05, 0) is 17.7 Å². The molecule has 1 saturated heterocycles. The van der Waals surface area contributed by atoms with Crippen LogP contribution in [0.4, 0.5) is 10.6 Å². The first-order valence-electron chi connectivity index (χ1n) is 8.07. The minimum atomic E-state index is -0.117. The molecular weight excluding hydrogens is 322 g/mol. The zero-order chi connectivity index (χ0) is 17.6. The summed E-state index contributed by atoms with van der Waals surface area (Å²) in [7, 11) is 1.50. The number of aromatic hydroxyl groups is 1. The lowest BCUT2D eigenvalue weighted by molar-refractivity contribution is 0.194. The van der Waals surface area contributed by atoms with Crippen molar-refractivity contribution < 1.29 is 14.6 Å². The van der Waals surface area contributed by atoms with Gasteiger partial charge in [-0.3, -0.25) is 4.98 Å². The number of nitrogens with one attached hydrogen (secondary N) is 1. The van der Waals surface area contributed by atoms with Crippen LogP contribution in [0.3, 0.4) is 0 Å². The molecule has 1 aliphatic heterocycles. The van der Waals surface area contributed by atoms with Crippen molar-refractivity contribution in [2.75, 3.05) is 38.2 Å². The minimum Gasteiger partial charge on any atom is -0.504 e. The number of ether oxygens (including phenoxy) is 1. The van der Waals surface area contributed by atoms with Crippen molar-refractivity contribution in [2.45, 2.75) is 6.54 Å². The number of aromatic nitrogens is 2. The molecule has 1 aromatic heterocycles. The summed E-state index contributed by atoms with van der Waals surface area (Å²) >= 11 is 0. The summed E-state index contributed by atoms with van der Waals surface area (Å²) in [5.74, 6) is 1.30. The number of anilines is 1. The fourth-order valence-electron chi connectivity index (χ4n) is 2.73. The van der Waals surface area contributed by atoms with Crippen molar-refractivity contribution >= 4 is 11.8 Å². The van der Waals surface area contributed by atoms with Crippen LogP contribution in [-0.4, -0.2) is 59.3 Å². The molecule has 2 N–H and O–H groups in total. The molecule has 1 aliphatic rings. The molecule has 1 aromatic carbocycles. The lowest BCUT2D eigenvalue weighted by Gasteiger charge is -2.35. The third kappa shape index (κ3) is 4.09. The van der Waals surface area contributed by atoms with Gasteiger partial charge in [0.25, 0.3) is 0 Å². The SMILES string of the molecule is COc1ccc(CNC(=O)N2CCN(c3cnccn3)CC2)cc1O. The normalized spacial score (nSPS) is 14.3. The van der Waals surface area contributed by atoms with Crippen molar-refractivity contribution in [1.82, 2.24) is 20.2 Å². The Bertz CT molecular complexity index is 717. The smallest absolute Gasteiger partial charge is 0.317 e. The van der Waals surface area contributed by atoms with E-state index >= 15 is 0 Å². The van der Waals surface area contributed by atoms with E-state index in [1.807, 2.05) is 6.07 Å². The third-order valence-corrected chi connectivity index (χ3v) is 4.13. The van der Waals surface area contributed by atoms with Crippen LogP contribution < -0.4 is 15.0 Å². The number of rotatable bonds is 4. The fourth-order valence-corrected chi connectivity index (χ4v) is 2.73. The molecule has 0 atom stereocenters. The van der Waals surface area contributed by atoms with Gasteiger partial charge in [0.1, 0.15) is 5.82 Å². The number of phenolic OH excluding ortho intramolecular Hbond substituents is 1. The number of nitrogens with zero attached hydrogens (tertiary/aromatic N) is 4. The molecule has 2 amide bonds. The van der Waals surface area contributed by atoms with Crippen LogP contribution in [0.15, 0.2) is 36.8 Å². The molecule has 1 fully saturated rings.